The lowest BCUT2D eigenvalue weighted by molar-refractivity contribution is -0.135. The van der Waals surface area contributed by atoms with Crippen LogP contribution in [0.4, 0.5) is 0 Å². The summed E-state index contributed by atoms with van der Waals surface area (Å²) >= 11 is 0. The molecule has 0 amide bonds. The summed E-state index contributed by atoms with van der Waals surface area (Å²) in [5.74, 6) is -2.33. The second-order valence-corrected chi connectivity index (χ2v) is 3.42. The van der Waals surface area contributed by atoms with Gasteiger partial charge in [0.25, 0.3) is 0 Å². The molecule has 0 rings (SSSR count). The third-order valence-electron chi connectivity index (χ3n) is 1.37. The van der Waals surface area contributed by atoms with Crippen LogP contribution in [-0.4, -0.2) is 32.4 Å². The minimum Gasteiger partial charge on any atom is -0.478 e. The van der Waals surface area contributed by atoms with Crippen LogP contribution in [0.25, 0.3) is 0 Å². The third kappa shape index (κ3) is 4.67. The molecule has 0 aliphatic heterocycles. The number of hydrogen-bond acceptors (Lipinski definition) is 2. The minimum atomic E-state index is -1.19. The number of carbonyl (C=O) groups is 2. The van der Waals surface area contributed by atoms with Gasteiger partial charge in [0.2, 0.25) is 0 Å². The van der Waals surface area contributed by atoms with E-state index in [9.17, 15) is 9.59 Å². The van der Waals surface area contributed by atoms with Crippen molar-refractivity contribution < 1.29 is 19.8 Å². The quantitative estimate of drug-likeness (QED) is 0.456. The van der Waals surface area contributed by atoms with Crippen molar-refractivity contribution in [1.82, 2.24) is 0 Å². The van der Waals surface area contributed by atoms with Crippen LogP contribution in [0.5, 0.6) is 0 Å². The zero-order valence-corrected chi connectivity index (χ0v) is 8.91. The predicted octanol–water partition coefficient (Wildman–Crippen LogP) is -0.354. The van der Waals surface area contributed by atoms with E-state index in [1.165, 1.54) is 0 Å². The molecule has 0 heterocycles. The number of carboxylic acids is 2. The molecule has 5 heteroatoms. The Balaban J connectivity index is 4.23. The maximum absolute atomic E-state index is 10.4. The van der Waals surface area contributed by atoms with Gasteiger partial charge in [-0.3, -0.25) is 0 Å². The van der Waals surface area contributed by atoms with E-state index in [4.69, 9.17) is 10.2 Å². The van der Waals surface area contributed by atoms with Gasteiger partial charge in [-0.1, -0.05) is 12.5 Å². The molecule has 0 aliphatic rings. The molecule has 0 unspecified atom stereocenters. The zero-order chi connectivity index (χ0) is 9.56. The highest BCUT2D eigenvalue weighted by molar-refractivity contribution is 6.08. The van der Waals surface area contributed by atoms with E-state index in [0.717, 1.165) is 28.8 Å². The molecule has 68 valence electrons. The Kier molecular flexibility index (Phi) is 5.03. The van der Waals surface area contributed by atoms with Gasteiger partial charge < -0.3 is 10.2 Å². The van der Waals surface area contributed by atoms with Crippen molar-refractivity contribution in [3.63, 3.8) is 0 Å². The fourth-order valence-electron chi connectivity index (χ4n) is 0.757. The highest BCUT2D eigenvalue weighted by Crippen LogP contribution is 2.06. The molecule has 0 saturated carbocycles. The highest BCUT2D eigenvalue weighted by Gasteiger charge is 2.07. The molecule has 0 spiro atoms. The summed E-state index contributed by atoms with van der Waals surface area (Å²) < 4.78 is 0. The normalized spacial score (nSPS) is 11.5. The Morgan fingerprint density at radius 3 is 2.25 bits per heavy atom. The summed E-state index contributed by atoms with van der Waals surface area (Å²) in [6.07, 6.45) is 1.88. The van der Waals surface area contributed by atoms with Crippen LogP contribution in [0.15, 0.2) is 11.6 Å². The molecule has 0 aliphatic carbocycles. The second-order valence-electron chi connectivity index (χ2n) is 2.42. The molecule has 0 radical (unpaired) electrons. The lowest BCUT2D eigenvalue weighted by Gasteiger charge is -1.97. The lowest BCUT2D eigenvalue weighted by Crippen LogP contribution is -2.03. The Hall–Kier alpha value is -1.10. The van der Waals surface area contributed by atoms with Gasteiger partial charge in [-0.2, -0.15) is 0 Å². The molecule has 2 N–H and O–H groups in total. The molecular formula is C7H12O4Si. The molecular weight excluding hydrogens is 176 g/mol. The zero-order valence-electron chi connectivity index (χ0n) is 6.91. The Bertz CT molecular complexity index is 209. The van der Waals surface area contributed by atoms with Crippen LogP contribution < -0.4 is 0 Å². The van der Waals surface area contributed by atoms with E-state index in [1.54, 1.807) is 0 Å². The summed E-state index contributed by atoms with van der Waals surface area (Å²) in [5, 5.41) is 16.8. The second kappa shape index (κ2) is 5.53. The molecule has 0 bridgehead atoms. The summed E-state index contributed by atoms with van der Waals surface area (Å²) in [6, 6.07) is 0.990. The van der Waals surface area contributed by atoms with Crippen molar-refractivity contribution in [2.75, 3.05) is 0 Å². The van der Waals surface area contributed by atoms with Gasteiger partial charge in [-0.05, 0) is 6.42 Å². The topological polar surface area (TPSA) is 74.6 Å². The van der Waals surface area contributed by atoms with Crippen LogP contribution in [-0.2, 0) is 9.59 Å². The van der Waals surface area contributed by atoms with E-state index in [1.807, 2.05) is 0 Å². The van der Waals surface area contributed by atoms with Crippen molar-refractivity contribution >= 4 is 22.2 Å². The molecule has 0 aromatic carbocycles. The molecule has 4 nitrogen and oxygen atoms in total. The van der Waals surface area contributed by atoms with Crippen LogP contribution in [0.1, 0.15) is 12.8 Å². The van der Waals surface area contributed by atoms with Crippen LogP contribution >= 0.6 is 0 Å². The van der Waals surface area contributed by atoms with Crippen molar-refractivity contribution in [2.24, 2.45) is 0 Å². The summed E-state index contributed by atoms with van der Waals surface area (Å²) in [5.41, 5.74) is -0.0154. The minimum absolute atomic E-state index is 0.0154. The average molecular weight is 188 g/mol. The fourth-order valence-corrected chi connectivity index (χ4v) is 1.11. The van der Waals surface area contributed by atoms with Gasteiger partial charge in [0, 0.05) is 21.9 Å². The maximum atomic E-state index is 10.4. The van der Waals surface area contributed by atoms with Crippen LogP contribution in [0.3, 0.4) is 0 Å². The smallest absolute Gasteiger partial charge is 0.331 e. The van der Waals surface area contributed by atoms with Gasteiger partial charge in [-0.25, -0.2) is 9.59 Å². The molecule has 0 fully saturated rings. The number of hydrogen-bond donors (Lipinski definition) is 2. The van der Waals surface area contributed by atoms with Crippen molar-refractivity contribution in [3.8, 4) is 0 Å². The highest BCUT2D eigenvalue weighted by atomic mass is 28.1. The largest absolute Gasteiger partial charge is 0.478 e. The number of carboxylic acid groups (broad SMARTS) is 2. The first-order valence-corrected chi connectivity index (χ1v) is 5.16. The van der Waals surface area contributed by atoms with E-state index in [-0.39, 0.29) is 5.57 Å². The average Bonchev–Trinajstić information content (AvgIpc) is 1.96. The van der Waals surface area contributed by atoms with Gasteiger partial charge in [0.1, 0.15) is 0 Å². The fraction of sp³-hybridized carbons (Fsp3) is 0.429. The standard InChI is InChI=1S/C7H12O4Si/c8-6(9)4-5(7(10)11)2-1-3-12/h4H,1-3H2,12H3,(H,8,9)(H,10,11). The summed E-state index contributed by atoms with van der Waals surface area (Å²) in [7, 11) is 1.02. The maximum Gasteiger partial charge on any atom is 0.331 e. The predicted molar refractivity (Wildman–Crippen MR) is 47.3 cm³/mol. The van der Waals surface area contributed by atoms with Gasteiger partial charge in [0.15, 0.2) is 0 Å². The number of rotatable bonds is 5. The van der Waals surface area contributed by atoms with E-state index in [0.29, 0.717) is 6.42 Å². The molecule has 12 heavy (non-hydrogen) atoms. The first-order valence-electron chi connectivity index (χ1n) is 3.74. The Morgan fingerprint density at radius 1 is 1.33 bits per heavy atom. The molecule has 0 atom stereocenters. The van der Waals surface area contributed by atoms with Crippen molar-refractivity contribution in [3.05, 3.63) is 11.6 Å². The first-order chi connectivity index (χ1) is 5.57. The molecule has 0 saturated heterocycles. The van der Waals surface area contributed by atoms with Crippen LogP contribution in [0, 0.1) is 0 Å². The molecule has 0 aromatic heterocycles. The molecule has 0 aromatic rings. The van der Waals surface area contributed by atoms with Crippen molar-refractivity contribution in [2.45, 2.75) is 18.9 Å². The van der Waals surface area contributed by atoms with Gasteiger partial charge in [0.05, 0.1) is 0 Å². The van der Waals surface area contributed by atoms with E-state index >= 15 is 0 Å². The van der Waals surface area contributed by atoms with E-state index in [2.05, 4.69) is 0 Å². The van der Waals surface area contributed by atoms with Crippen LogP contribution in [0.2, 0.25) is 6.04 Å². The Morgan fingerprint density at radius 2 is 1.92 bits per heavy atom. The van der Waals surface area contributed by atoms with Gasteiger partial charge >= 0.3 is 11.9 Å². The summed E-state index contributed by atoms with van der Waals surface area (Å²) in [6.45, 7) is 0. The third-order valence-corrected chi connectivity index (χ3v) is 2.08. The van der Waals surface area contributed by atoms with E-state index < -0.39 is 11.9 Å². The monoisotopic (exact) mass is 188 g/mol. The van der Waals surface area contributed by atoms with Gasteiger partial charge in [-0.15, -0.1) is 0 Å². The number of aliphatic carboxylic acids is 2. The first kappa shape index (κ1) is 10.9. The Labute approximate surface area is 73.3 Å². The summed E-state index contributed by atoms with van der Waals surface area (Å²) in [4.78, 5) is 20.6. The lowest BCUT2D eigenvalue weighted by atomic mass is 10.1. The SMILES string of the molecule is O=C(O)C=C(CCC[SiH3])C(=O)O. The van der Waals surface area contributed by atoms with Crippen molar-refractivity contribution in [1.29, 1.82) is 0 Å².